The lowest BCUT2D eigenvalue weighted by molar-refractivity contribution is 0.0672. The van der Waals surface area contributed by atoms with Gasteiger partial charge in [0.15, 0.2) is 0 Å². The van der Waals surface area contributed by atoms with Crippen molar-refractivity contribution in [2.24, 2.45) is 5.92 Å². The van der Waals surface area contributed by atoms with E-state index in [4.69, 9.17) is 0 Å². The van der Waals surface area contributed by atoms with Crippen LogP contribution in [0.3, 0.4) is 0 Å². The smallest absolute Gasteiger partial charge is 0.256 e. The highest BCUT2D eigenvalue weighted by Gasteiger charge is 2.25. The number of benzene rings is 1. The van der Waals surface area contributed by atoms with E-state index in [0.717, 1.165) is 37.9 Å². The number of fused-ring (bicyclic) bond motifs is 1. The summed E-state index contributed by atoms with van der Waals surface area (Å²) in [5, 5.41) is 1.21. The standard InChI is InChI=1S/C20H20N4O/c25-20(17-11-21-14-22-12-17)24-9-3-4-15(13-24)10-16-5-1-7-19-18(16)6-2-8-23-19/h1-2,5-8,11-12,14-15H,3-4,9-10,13H2/t15-/m0/s1. The van der Waals surface area contributed by atoms with Crippen molar-refractivity contribution >= 4 is 16.8 Å². The van der Waals surface area contributed by atoms with E-state index in [-0.39, 0.29) is 5.91 Å². The number of carbonyl (C=O) groups is 1. The molecule has 1 amide bonds. The summed E-state index contributed by atoms with van der Waals surface area (Å²) in [5.41, 5.74) is 2.91. The van der Waals surface area contributed by atoms with Crippen molar-refractivity contribution in [2.75, 3.05) is 13.1 Å². The summed E-state index contributed by atoms with van der Waals surface area (Å²) >= 11 is 0. The van der Waals surface area contributed by atoms with Gasteiger partial charge in [0.05, 0.1) is 11.1 Å². The second-order valence-electron chi connectivity index (χ2n) is 6.58. The first-order valence-corrected chi connectivity index (χ1v) is 8.68. The Hall–Kier alpha value is -2.82. The lowest BCUT2D eigenvalue weighted by Gasteiger charge is -2.33. The van der Waals surface area contributed by atoms with E-state index >= 15 is 0 Å². The van der Waals surface area contributed by atoms with Crippen LogP contribution < -0.4 is 0 Å². The van der Waals surface area contributed by atoms with E-state index in [9.17, 15) is 4.79 Å². The molecule has 5 heteroatoms. The van der Waals surface area contributed by atoms with E-state index in [2.05, 4.69) is 33.2 Å². The van der Waals surface area contributed by atoms with E-state index in [1.165, 1.54) is 17.3 Å². The maximum atomic E-state index is 12.6. The van der Waals surface area contributed by atoms with Gasteiger partial charge in [-0.1, -0.05) is 18.2 Å². The minimum absolute atomic E-state index is 0.0323. The topological polar surface area (TPSA) is 59.0 Å². The van der Waals surface area contributed by atoms with Gasteiger partial charge in [0.25, 0.3) is 5.91 Å². The molecule has 5 nitrogen and oxygen atoms in total. The second-order valence-corrected chi connectivity index (χ2v) is 6.58. The largest absolute Gasteiger partial charge is 0.338 e. The Morgan fingerprint density at radius 2 is 2.04 bits per heavy atom. The van der Waals surface area contributed by atoms with Crippen molar-refractivity contribution in [3.8, 4) is 0 Å². The first-order chi connectivity index (χ1) is 12.3. The zero-order chi connectivity index (χ0) is 17.1. The van der Waals surface area contributed by atoms with Crippen LogP contribution in [0.15, 0.2) is 55.2 Å². The van der Waals surface area contributed by atoms with Gasteiger partial charge in [-0.05, 0) is 42.9 Å². The maximum Gasteiger partial charge on any atom is 0.256 e. The fraction of sp³-hybridized carbons (Fsp3) is 0.300. The van der Waals surface area contributed by atoms with Crippen molar-refractivity contribution in [1.82, 2.24) is 19.9 Å². The number of nitrogens with zero attached hydrogens (tertiary/aromatic N) is 4. The third-order valence-electron chi connectivity index (χ3n) is 4.86. The summed E-state index contributed by atoms with van der Waals surface area (Å²) < 4.78 is 0. The van der Waals surface area contributed by atoms with Gasteiger partial charge < -0.3 is 4.90 Å². The molecule has 1 fully saturated rings. The third-order valence-corrected chi connectivity index (χ3v) is 4.86. The third kappa shape index (κ3) is 3.36. The Morgan fingerprint density at radius 3 is 2.92 bits per heavy atom. The zero-order valence-electron chi connectivity index (χ0n) is 14.0. The molecule has 1 aliphatic rings. The van der Waals surface area contributed by atoms with E-state index in [1.54, 1.807) is 12.4 Å². The fourth-order valence-electron chi connectivity index (χ4n) is 3.66. The summed E-state index contributed by atoms with van der Waals surface area (Å²) in [6.07, 6.45) is 9.61. The first kappa shape index (κ1) is 15.7. The molecule has 3 heterocycles. The predicted molar refractivity (Wildman–Crippen MR) is 96.1 cm³/mol. The number of rotatable bonds is 3. The molecule has 1 aliphatic heterocycles. The molecule has 0 radical (unpaired) electrons. The lowest BCUT2D eigenvalue weighted by atomic mass is 9.89. The number of hydrogen-bond donors (Lipinski definition) is 0. The van der Waals surface area contributed by atoms with Crippen LogP contribution >= 0.6 is 0 Å². The highest BCUT2D eigenvalue weighted by atomic mass is 16.2. The lowest BCUT2D eigenvalue weighted by Crippen LogP contribution is -2.40. The molecule has 0 N–H and O–H groups in total. The average molecular weight is 332 g/mol. The van der Waals surface area contributed by atoms with Gasteiger partial charge in [-0.3, -0.25) is 9.78 Å². The first-order valence-electron chi connectivity index (χ1n) is 8.68. The molecule has 0 spiro atoms. The molecule has 2 aromatic heterocycles. The summed E-state index contributed by atoms with van der Waals surface area (Å²) in [6, 6.07) is 10.4. The van der Waals surface area contributed by atoms with Gasteiger partial charge in [0.1, 0.15) is 6.33 Å². The fourth-order valence-corrected chi connectivity index (χ4v) is 3.66. The van der Waals surface area contributed by atoms with E-state index in [1.807, 2.05) is 23.2 Å². The molecule has 1 aromatic carbocycles. The molecule has 0 unspecified atom stereocenters. The van der Waals surface area contributed by atoms with Gasteiger partial charge in [-0.25, -0.2) is 9.97 Å². The van der Waals surface area contributed by atoms with Crippen LogP contribution in [0.4, 0.5) is 0 Å². The van der Waals surface area contributed by atoms with Crippen LogP contribution in [-0.2, 0) is 6.42 Å². The molecule has 1 saturated heterocycles. The molecule has 0 aliphatic carbocycles. The van der Waals surface area contributed by atoms with Crippen molar-refractivity contribution < 1.29 is 4.79 Å². The quantitative estimate of drug-likeness (QED) is 0.739. The highest BCUT2D eigenvalue weighted by molar-refractivity contribution is 5.93. The van der Waals surface area contributed by atoms with Gasteiger partial charge in [-0.2, -0.15) is 0 Å². The Balaban J connectivity index is 1.51. The summed E-state index contributed by atoms with van der Waals surface area (Å²) in [7, 11) is 0. The summed E-state index contributed by atoms with van der Waals surface area (Å²) in [5.74, 6) is 0.498. The van der Waals surface area contributed by atoms with Gasteiger partial charge in [-0.15, -0.1) is 0 Å². The number of hydrogen-bond acceptors (Lipinski definition) is 4. The van der Waals surface area contributed by atoms with Crippen LogP contribution in [0.25, 0.3) is 10.9 Å². The number of amides is 1. The molecule has 4 rings (SSSR count). The maximum absolute atomic E-state index is 12.6. The SMILES string of the molecule is O=C(c1cncnc1)N1CCC[C@@H](Cc2cccc3ncccc23)C1. The van der Waals surface area contributed by atoms with Crippen molar-refractivity contribution in [1.29, 1.82) is 0 Å². The van der Waals surface area contributed by atoms with Crippen LogP contribution in [-0.4, -0.2) is 38.8 Å². The van der Waals surface area contributed by atoms with E-state index in [0.29, 0.717) is 11.5 Å². The number of likely N-dealkylation sites (tertiary alicyclic amines) is 1. The minimum atomic E-state index is 0.0323. The minimum Gasteiger partial charge on any atom is -0.338 e. The van der Waals surface area contributed by atoms with Crippen LogP contribution in [0.1, 0.15) is 28.8 Å². The molecule has 25 heavy (non-hydrogen) atoms. The van der Waals surface area contributed by atoms with Crippen LogP contribution in [0.5, 0.6) is 0 Å². The van der Waals surface area contributed by atoms with Gasteiger partial charge >= 0.3 is 0 Å². The number of piperidine rings is 1. The molecule has 0 saturated carbocycles. The van der Waals surface area contributed by atoms with Crippen LogP contribution in [0, 0.1) is 5.92 Å². The molecule has 0 bridgehead atoms. The normalized spacial score (nSPS) is 17.6. The molecule has 3 aromatic rings. The van der Waals surface area contributed by atoms with E-state index < -0.39 is 0 Å². The summed E-state index contributed by atoms with van der Waals surface area (Å²) in [4.78, 5) is 26.9. The molecular formula is C20H20N4O. The number of pyridine rings is 1. The Morgan fingerprint density at radius 1 is 1.16 bits per heavy atom. The van der Waals surface area contributed by atoms with Gasteiger partial charge in [0, 0.05) is 37.1 Å². The number of aromatic nitrogens is 3. The Bertz CT molecular complexity index is 876. The Kier molecular flexibility index (Phi) is 4.37. The van der Waals surface area contributed by atoms with Gasteiger partial charge in [0.2, 0.25) is 0 Å². The monoisotopic (exact) mass is 332 g/mol. The number of carbonyl (C=O) groups excluding carboxylic acids is 1. The Labute approximate surface area is 146 Å². The summed E-state index contributed by atoms with van der Waals surface area (Å²) in [6.45, 7) is 1.59. The van der Waals surface area contributed by atoms with Crippen LogP contribution in [0.2, 0.25) is 0 Å². The van der Waals surface area contributed by atoms with Crippen molar-refractivity contribution in [3.63, 3.8) is 0 Å². The molecule has 126 valence electrons. The second kappa shape index (κ2) is 6.97. The average Bonchev–Trinajstić information content (AvgIpc) is 2.69. The zero-order valence-corrected chi connectivity index (χ0v) is 14.0. The molecule has 1 atom stereocenters. The van der Waals surface area contributed by atoms with Crippen molar-refractivity contribution in [3.05, 3.63) is 66.4 Å². The highest BCUT2D eigenvalue weighted by Crippen LogP contribution is 2.25. The molecular weight excluding hydrogens is 312 g/mol. The predicted octanol–water partition coefficient (Wildman–Crippen LogP) is 3.12. The van der Waals surface area contributed by atoms with Crippen molar-refractivity contribution in [2.45, 2.75) is 19.3 Å².